The highest BCUT2D eigenvalue weighted by Gasteiger charge is 2.32. The first-order valence-electron chi connectivity index (χ1n) is 6.02. The highest BCUT2D eigenvalue weighted by Crippen LogP contribution is 2.34. The molecule has 1 unspecified atom stereocenters. The highest BCUT2D eigenvalue weighted by atomic mass is 16.7. The summed E-state index contributed by atoms with van der Waals surface area (Å²) in [5, 5.41) is 1.51. The van der Waals surface area contributed by atoms with Crippen molar-refractivity contribution in [2.75, 3.05) is 19.8 Å². The lowest BCUT2D eigenvalue weighted by Gasteiger charge is -2.27. The van der Waals surface area contributed by atoms with Gasteiger partial charge in [0, 0.05) is 5.56 Å². The third kappa shape index (κ3) is 1.89. The third-order valence-corrected chi connectivity index (χ3v) is 3.26. The Morgan fingerprint density at radius 2 is 2.18 bits per heavy atom. The zero-order valence-corrected chi connectivity index (χ0v) is 9.59. The number of ether oxygens (including phenoxy) is 1. The van der Waals surface area contributed by atoms with Crippen molar-refractivity contribution in [2.24, 2.45) is 0 Å². The van der Waals surface area contributed by atoms with E-state index in [0.29, 0.717) is 19.8 Å². The topological polar surface area (TPSA) is 38.8 Å². The van der Waals surface area contributed by atoms with Gasteiger partial charge in [-0.05, 0) is 18.9 Å². The van der Waals surface area contributed by atoms with E-state index in [9.17, 15) is 4.79 Å². The van der Waals surface area contributed by atoms with Gasteiger partial charge in [0.2, 0.25) is 0 Å². The molecule has 0 spiro atoms. The molecule has 2 heterocycles. The van der Waals surface area contributed by atoms with Gasteiger partial charge < -0.3 is 4.74 Å². The van der Waals surface area contributed by atoms with Crippen molar-refractivity contribution < 1.29 is 14.4 Å². The van der Waals surface area contributed by atoms with Crippen LogP contribution >= 0.6 is 0 Å². The van der Waals surface area contributed by atoms with Crippen LogP contribution in [0, 0.1) is 0 Å². The number of fused-ring (bicyclic) bond motifs is 1. The van der Waals surface area contributed by atoms with Gasteiger partial charge in [0.15, 0.2) is 0 Å². The van der Waals surface area contributed by atoms with E-state index >= 15 is 0 Å². The Bertz CT molecular complexity index is 426. The number of para-hydroxylation sites is 1. The maximum absolute atomic E-state index is 12.3. The van der Waals surface area contributed by atoms with E-state index < -0.39 is 0 Å². The molecule has 0 saturated carbocycles. The van der Waals surface area contributed by atoms with Gasteiger partial charge in [-0.1, -0.05) is 18.2 Å². The number of carbonyl (C=O) groups is 1. The first-order valence-corrected chi connectivity index (χ1v) is 6.02. The van der Waals surface area contributed by atoms with Crippen LogP contribution < -0.4 is 4.74 Å². The van der Waals surface area contributed by atoms with Crippen LogP contribution in [-0.2, 0) is 9.63 Å². The summed E-state index contributed by atoms with van der Waals surface area (Å²) >= 11 is 0. The van der Waals surface area contributed by atoms with Gasteiger partial charge in [0.05, 0.1) is 25.7 Å². The lowest BCUT2D eigenvalue weighted by molar-refractivity contribution is -0.171. The molecule has 1 aromatic rings. The van der Waals surface area contributed by atoms with E-state index in [0.717, 1.165) is 24.2 Å². The van der Waals surface area contributed by atoms with Crippen molar-refractivity contribution >= 4 is 5.91 Å². The molecule has 90 valence electrons. The summed E-state index contributed by atoms with van der Waals surface area (Å²) in [4.78, 5) is 17.6. The fourth-order valence-corrected chi connectivity index (χ4v) is 2.39. The number of hydrogen-bond acceptors (Lipinski definition) is 3. The lowest BCUT2D eigenvalue weighted by atomic mass is 9.92. The lowest BCUT2D eigenvalue weighted by Crippen LogP contribution is -2.34. The van der Waals surface area contributed by atoms with Crippen LogP contribution in [-0.4, -0.2) is 30.7 Å². The maximum atomic E-state index is 12.3. The first kappa shape index (κ1) is 10.6. The molecule has 0 bridgehead atoms. The summed E-state index contributed by atoms with van der Waals surface area (Å²) in [6.07, 6.45) is 1.66. The quantitative estimate of drug-likeness (QED) is 0.741. The molecule has 2 aliphatic heterocycles. The summed E-state index contributed by atoms with van der Waals surface area (Å²) < 4.78 is 5.55. The van der Waals surface area contributed by atoms with Gasteiger partial charge in [0.25, 0.3) is 5.91 Å². The molecule has 1 fully saturated rings. The van der Waals surface area contributed by atoms with Gasteiger partial charge in [-0.15, -0.1) is 0 Å². The number of rotatable bonds is 1. The molecule has 4 nitrogen and oxygen atoms in total. The zero-order chi connectivity index (χ0) is 11.7. The standard InChI is InChI=1S/C13H15NO3/c15-13(14-7-3-8-17-14)11-6-9-16-12-5-2-1-4-10(11)12/h1-2,4-5,11H,3,6-9H2. The summed E-state index contributed by atoms with van der Waals surface area (Å²) in [6, 6.07) is 7.75. The van der Waals surface area contributed by atoms with Crippen molar-refractivity contribution in [2.45, 2.75) is 18.8 Å². The predicted octanol–water partition coefficient (Wildman–Crippen LogP) is 1.72. The Balaban J connectivity index is 1.86. The minimum Gasteiger partial charge on any atom is -0.493 e. The molecule has 3 rings (SSSR count). The van der Waals surface area contributed by atoms with Crippen molar-refractivity contribution in [3.05, 3.63) is 29.8 Å². The number of carbonyl (C=O) groups excluding carboxylic acids is 1. The number of benzene rings is 1. The number of hydroxylamine groups is 2. The molecule has 4 heteroatoms. The van der Waals surface area contributed by atoms with Crippen molar-refractivity contribution in [3.8, 4) is 5.75 Å². The molecule has 1 aromatic carbocycles. The van der Waals surface area contributed by atoms with Crippen LogP contribution in [0.5, 0.6) is 5.75 Å². The van der Waals surface area contributed by atoms with Crippen molar-refractivity contribution in [1.82, 2.24) is 5.06 Å². The second-order valence-electron chi connectivity index (χ2n) is 4.35. The smallest absolute Gasteiger partial charge is 0.253 e. The Morgan fingerprint density at radius 1 is 1.29 bits per heavy atom. The van der Waals surface area contributed by atoms with Gasteiger partial charge in [-0.2, -0.15) is 0 Å². The molecule has 17 heavy (non-hydrogen) atoms. The fourth-order valence-electron chi connectivity index (χ4n) is 2.39. The van der Waals surface area contributed by atoms with Crippen molar-refractivity contribution in [3.63, 3.8) is 0 Å². The van der Waals surface area contributed by atoms with Crippen molar-refractivity contribution in [1.29, 1.82) is 0 Å². The minimum atomic E-state index is -0.113. The van der Waals surface area contributed by atoms with E-state index in [2.05, 4.69) is 0 Å². The fraction of sp³-hybridized carbons (Fsp3) is 0.462. The second kappa shape index (κ2) is 4.37. The average molecular weight is 233 g/mol. The number of nitrogens with zero attached hydrogens (tertiary/aromatic N) is 1. The Kier molecular flexibility index (Phi) is 2.73. The Hall–Kier alpha value is -1.55. The Labute approximate surface area is 100 Å². The van der Waals surface area contributed by atoms with Crippen LogP contribution in [0.4, 0.5) is 0 Å². The average Bonchev–Trinajstić information content (AvgIpc) is 2.91. The first-order chi connectivity index (χ1) is 8.36. The summed E-state index contributed by atoms with van der Waals surface area (Å²) in [7, 11) is 0. The monoisotopic (exact) mass is 233 g/mol. The van der Waals surface area contributed by atoms with Crippen LogP contribution in [0.25, 0.3) is 0 Å². The van der Waals surface area contributed by atoms with E-state index in [4.69, 9.17) is 9.57 Å². The molecule has 2 aliphatic rings. The number of amides is 1. The van der Waals surface area contributed by atoms with E-state index in [-0.39, 0.29) is 11.8 Å². The molecule has 0 radical (unpaired) electrons. The van der Waals surface area contributed by atoms with Gasteiger partial charge in [0.1, 0.15) is 5.75 Å². The molecular formula is C13H15NO3. The molecular weight excluding hydrogens is 218 g/mol. The van der Waals surface area contributed by atoms with E-state index in [1.54, 1.807) is 0 Å². The highest BCUT2D eigenvalue weighted by molar-refractivity contribution is 5.84. The molecule has 0 N–H and O–H groups in total. The second-order valence-corrected chi connectivity index (χ2v) is 4.35. The van der Waals surface area contributed by atoms with Gasteiger partial charge >= 0.3 is 0 Å². The minimum absolute atomic E-state index is 0.0678. The van der Waals surface area contributed by atoms with Crippen LogP contribution in [0.3, 0.4) is 0 Å². The van der Waals surface area contributed by atoms with Gasteiger partial charge in [-0.25, -0.2) is 5.06 Å². The summed E-state index contributed by atoms with van der Waals surface area (Å²) in [5.74, 6) is 0.785. The molecule has 1 atom stereocenters. The largest absolute Gasteiger partial charge is 0.493 e. The van der Waals surface area contributed by atoms with E-state index in [1.165, 1.54) is 5.06 Å². The van der Waals surface area contributed by atoms with Crippen LogP contribution in [0.2, 0.25) is 0 Å². The molecule has 0 aromatic heterocycles. The number of hydrogen-bond donors (Lipinski definition) is 0. The van der Waals surface area contributed by atoms with Crippen LogP contribution in [0.15, 0.2) is 24.3 Å². The summed E-state index contributed by atoms with van der Waals surface area (Å²) in [5.41, 5.74) is 0.985. The molecule has 1 amide bonds. The van der Waals surface area contributed by atoms with E-state index in [1.807, 2.05) is 24.3 Å². The van der Waals surface area contributed by atoms with Crippen LogP contribution in [0.1, 0.15) is 24.3 Å². The predicted molar refractivity (Wildman–Crippen MR) is 61.6 cm³/mol. The van der Waals surface area contributed by atoms with Gasteiger partial charge in [-0.3, -0.25) is 9.63 Å². The SMILES string of the molecule is O=C(C1CCOc2ccccc21)N1CCCO1. The zero-order valence-electron chi connectivity index (χ0n) is 9.59. The maximum Gasteiger partial charge on any atom is 0.253 e. The molecule has 1 saturated heterocycles. The Morgan fingerprint density at radius 3 is 3.00 bits per heavy atom. The molecule has 0 aliphatic carbocycles. The summed E-state index contributed by atoms with van der Waals surface area (Å²) in [6.45, 7) is 1.95. The normalized spacial score (nSPS) is 23.1. The third-order valence-electron chi connectivity index (χ3n) is 3.26.